The molecule has 1 aromatic heterocycles. The Morgan fingerprint density at radius 2 is 1.83 bits per heavy atom. The average Bonchev–Trinajstić information content (AvgIpc) is 3.25. The molecule has 3 aromatic rings. The number of aromatic amines is 1. The number of amides is 1. The highest BCUT2D eigenvalue weighted by molar-refractivity contribution is 5.97. The van der Waals surface area contributed by atoms with Gasteiger partial charge in [-0.25, -0.2) is 4.39 Å². The number of halogens is 1. The lowest BCUT2D eigenvalue weighted by atomic mass is 10.1. The molecule has 7 heteroatoms. The summed E-state index contributed by atoms with van der Waals surface area (Å²) in [6.07, 6.45) is 0. The average molecular weight is 394 g/mol. The SMILES string of the molecule is CCOc1ccccc1C(=O)N1CCN(c2cc(-c3ccc(F)cc3)[nH]n2)CC1. The maximum Gasteiger partial charge on any atom is 0.257 e. The minimum atomic E-state index is -0.264. The van der Waals surface area contributed by atoms with Crippen molar-refractivity contribution in [3.05, 3.63) is 66.0 Å². The number of rotatable bonds is 5. The molecule has 0 atom stereocenters. The van der Waals surface area contributed by atoms with E-state index in [9.17, 15) is 9.18 Å². The van der Waals surface area contributed by atoms with E-state index in [1.54, 1.807) is 12.1 Å². The van der Waals surface area contributed by atoms with Crippen molar-refractivity contribution in [1.29, 1.82) is 0 Å². The van der Waals surface area contributed by atoms with Gasteiger partial charge in [0.05, 0.1) is 17.9 Å². The van der Waals surface area contributed by atoms with Crippen LogP contribution in [0.5, 0.6) is 5.75 Å². The number of nitrogens with zero attached hydrogens (tertiary/aromatic N) is 3. The molecule has 4 rings (SSSR count). The molecule has 150 valence electrons. The summed E-state index contributed by atoms with van der Waals surface area (Å²) in [4.78, 5) is 16.9. The van der Waals surface area contributed by atoms with Gasteiger partial charge in [0.15, 0.2) is 5.82 Å². The number of carbonyl (C=O) groups excluding carboxylic acids is 1. The third-order valence-electron chi connectivity index (χ3n) is 5.03. The predicted octanol–water partition coefficient (Wildman–Crippen LogP) is 3.58. The molecule has 1 amide bonds. The number of para-hydroxylation sites is 1. The second-order valence-corrected chi connectivity index (χ2v) is 6.86. The molecule has 2 heterocycles. The summed E-state index contributed by atoms with van der Waals surface area (Å²) in [5.41, 5.74) is 2.32. The lowest BCUT2D eigenvalue weighted by Crippen LogP contribution is -2.49. The summed E-state index contributed by atoms with van der Waals surface area (Å²) in [5, 5.41) is 7.40. The van der Waals surface area contributed by atoms with Crippen molar-refractivity contribution in [2.45, 2.75) is 6.92 Å². The first-order valence-electron chi connectivity index (χ1n) is 9.73. The number of anilines is 1. The van der Waals surface area contributed by atoms with Crippen molar-refractivity contribution in [1.82, 2.24) is 15.1 Å². The van der Waals surface area contributed by atoms with Gasteiger partial charge in [-0.05, 0) is 48.9 Å². The van der Waals surface area contributed by atoms with E-state index in [-0.39, 0.29) is 11.7 Å². The molecule has 0 spiro atoms. The summed E-state index contributed by atoms with van der Waals surface area (Å²) in [6, 6.07) is 15.6. The van der Waals surface area contributed by atoms with Crippen molar-refractivity contribution in [2.75, 3.05) is 37.7 Å². The molecule has 0 aliphatic carbocycles. The van der Waals surface area contributed by atoms with Crippen LogP contribution in [0.25, 0.3) is 11.3 Å². The van der Waals surface area contributed by atoms with Crippen molar-refractivity contribution < 1.29 is 13.9 Å². The van der Waals surface area contributed by atoms with Gasteiger partial charge >= 0.3 is 0 Å². The summed E-state index contributed by atoms with van der Waals surface area (Å²) in [7, 11) is 0. The van der Waals surface area contributed by atoms with E-state index in [4.69, 9.17) is 4.74 Å². The zero-order valence-electron chi connectivity index (χ0n) is 16.3. The van der Waals surface area contributed by atoms with Crippen molar-refractivity contribution in [2.24, 2.45) is 0 Å². The number of ether oxygens (including phenoxy) is 1. The summed E-state index contributed by atoms with van der Waals surface area (Å²) in [6.45, 7) is 5.03. The maximum atomic E-state index is 13.1. The molecule has 2 aromatic carbocycles. The Labute approximate surface area is 168 Å². The third-order valence-corrected chi connectivity index (χ3v) is 5.03. The minimum Gasteiger partial charge on any atom is -0.493 e. The molecular weight excluding hydrogens is 371 g/mol. The van der Waals surface area contributed by atoms with Crippen molar-refractivity contribution in [3.8, 4) is 17.0 Å². The normalized spacial score (nSPS) is 14.1. The Balaban J connectivity index is 1.41. The summed E-state index contributed by atoms with van der Waals surface area (Å²) in [5.74, 6) is 1.17. The number of aromatic nitrogens is 2. The zero-order chi connectivity index (χ0) is 20.2. The second kappa shape index (κ2) is 8.34. The van der Waals surface area contributed by atoms with Gasteiger partial charge in [0, 0.05) is 32.2 Å². The number of piperazine rings is 1. The Morgan fingerprint density at radius 1 is 1.10 bits per heavy atom. The van der Waals surface area contributed by atoms with Crippen LogP contribution in [0.15, 0.2) is 54.6 Å². The van der Waals surface area contributed by atoms with Crippen LogP contribution in [0, 0.1) is 5.82 Å². The lowest BCUT2D eigenvalue weighted by Gasteiger charge is -2.35. The first-order valence-corrected chi connectivity index (χ1v) is 9.73. The highest BCUT2D eigenvalue weighted by Gasteiger charge is 2.25. The Morgan fingerprint density at radius 3 is 2.55 bits per heavy atom. The van der Waals surface area contributed by atoms with Crippen LogP contribution in [0.4, 0.5) is 10.2 Å². The van der Waals surface area contributed by atoms with Gasteiger partial charge in [0.25, 0.3) is 5.91 Å². The highest BCUT2D eigenvalue weighted by Crippen LogP contribution is 2.24. The highest BCUT2D eigenvalue weighted by atomic mass is 19.1. The van der Waals surface area contributed by atoms with Gasteiger partial charge in [0.2, 0.25) is 0 Å². The Bertz CT molecular complexity index is 978. The standard InChI is InChI=1S/C22H23FN4O2/c1-2-29-20-6-4-3-5-18(20)22(28)27-13-11-26(12-14-27)21-15-19(24-25-21)16-7-9-17(23)10-8-16/h3-10,15H,2,11-14H2,1H3,(H,24,25). The monoisotopic (exact) mass is 394 g/mol. The maximum absolute atomic E-state index is 13.1. The van der Waals surface area contributed by atoms with E-state index in [0.717, 1.165) is 17.1 Å². The fourth-order valence-electron chi connectivity index (χ4n) is 3.48. The zero-order valence-corrected chi connectivity index (χ0v) is 16.3. The molecule has 1 aliphatic heterocycles. The van der Waals surface area contributed by atoms with E-state index >= 15 is 0 Å². The Hall–Kier alpha value is -3.35. The van der Waals surface area contributed by atoms with E-state index in [0.29, 0.717) is 44.1 Å². The fourth-order valence-corrected chi connectivity index (χ4v) is 3.48. The second-order valence-electron chi connectivity index (χ2n) is 6.86. The van der Waals surface area contributed by atoms with Gasteiger partial charge < -0.3 is 14.5 Å². The molecule has 1 N–H and O–H groups in total. The molecule has 0 bridgehead atoms. The fraction of sp³-hybridized carbons (Fsp3) is 0.273. The van der Waals surface area contributed by atoms with Crippen LogP contribution in [0.3, 0.4) is 0 Å². The first-order chi connectivity index (χ1) is 14.2. The number of benzene rings is 2. The molecule has 1 fully saturated rings. The smallest absolute Gasteiger partial charge is 0.257 e. The van der Waals surface area contributed by atoms with Gasteiger partial charge in [-0.2, -0.15) is 5.10 Å². The van der Waals surface area contributed by atoms with Crippen LogP contribution in [-0.2, 0) is 0 Å². The van der Waals surface area contributed by atoms with E-state index in [2.05, 4.69) is 15.1 Å². The quantitative estimate of drug-likeness (QED) is 0.719. The van der Waals surface area contributed by atoms with Gasteiger partial charge in [-0.1, -0.05) is 12.1 Å². The van der Waals surface area contributed by atoms with E-state index < -0.39 is 0 Å². The number of carbonyl (C=O) groups is 1. The van der Waals surface area contributed by atoms with Crippen LogP contribution in [0.2, 0.25) is 0 Å². The number of H-pyrrole nitrogens is 1. The summed E-state index contributed by atoms with van der Waals surface area (Å²) >= 11 is 0. The number of hydrogen-bond acceptors (Lipinski definition) is 4. The molecule has 0 radical (unpaired) electrons. The number of nitrogens with one attached hydrogen (secondary N) is 1. The van der Waals surface area contributed by atoms with E-state index in [1.807, 2.05) is 42.2 Å². The molecule has 0 unspecified atom stereocenters. The van der Waals surface area contributed by atoms with E-state index in [1.165, 1.54) is 12.1 Å². The van der Waals surface area contributed by atoms with Crippen LogP contribution in [0.1, 0.15) is 17.3 Å². The topological polar surface area (TPSA) is 61.5 Å². The lowest BCUT2D eigenvalue weighted by molar-refractivity contribution is 0.0742. The van der Waals surface area contributed by atoms with Crippen molar-refractivity contribution >= 4 is 11.7 Å². The summed E-state index contributed by atoms with van der Waals surface area (Å²) < 4.78 is 18.7. The third kappa shape index (κ3) is 4.08. The minimum absolute atomic E-state index is 0.0114. The molecule has 1 saturated heterocycles. The molecule has 1 aliphatic rings. The van der Waals surface area contributed by atoms with Gasteiger partial charge in [-0.15, -0.1) is 0 Å². The number of hydrogen-bond donors (Lipinski definition) is 1. The first kappa shape index (κ1) is 19.0. The van der Waals surface area contributed by atoms with Crippen LogP contribution in [-0.4, -0.2) is 53.8 Å². The molecule has 6 nitrogen and oxygen atoms in total. The van der Waals surface area contributed by atoms with Crippen molar-refractivity contribution in [3.63, 3.8) is 0 Å². The van der Waals surface area contributed by atoms with Gasteiger partial charge in [0.1, 0.15) is 11.6 Å². The largest absolute Gasteiger partial charge is 0.493 e. The Kier molecular flexibility index (Phi) is 5.46. The molecular formula is C22H23FN4O2. The van der Waals surface area contributed by atoms with Crippen LogP contribution < -0.4 is 9.64 Å². The van der Waals surface area contributed by atoms with Gasteiger partial charge in [-0.3, -0.25) is 9.89 Å². The molecule has 0 saturated carbocycles. The molecule has 29 heavy (non-hydrogen) atoms. The predicted molar refractivity (Wildman–Crippen MR) is 110 cm³/mol. The van der Waals surface area contributed by atoms with Crippen LogP contribution >= 0.6 is 0 Å².